The van der Waals surface area contributed by atoms with Gasteiger partial charge in [0, 0.05) is 19.9 Å². The molecule has 0 unspecified atom stereocenters. The van der Waals surface area contributed by atoms with Gasteiger partial charge in [0.2, 0.25) is 0 Å². The Bertz CT molecular complexity index is 1110. The predicted molar refractivity (Wildman–Crippen MR) is 140 cm³/mol. The molecule has 3 N–H and O–H groups in total. The molecule has 6 nitrogen and oxygen atoms in total. The zero-order valence-electron chi connectivity index (χ0n) is 20.8. The molecule has 3 aromatic rings. The second-order valence-electron chi connectivity index (χ2n) is 8.09. The summed E-state index contributed by atoms with van der Waals surface area (Å²) in [7, 11) is 3.44. The number of aryl methyl sites for hydroxylation is 1. The van der Waals surface area contributed by atoms with Gasteiger partial charge in [0.15, 0.2) is 0 Å². The van der Waals surface area contributed by atoms with E-state index in [4.69, 9.17) is 25.1 Å². The first-order valence-electron chi connectivity index (χ1n) is 11.3. The van der Waals surface area contributed by atoms with Gasteiger partial charge in [-0.2, -0.15) is 0 Å². The fourth-order valence-electron chi connectivity index (χ4n) is 3.59. The van der Waals surface area contributed by atoms with Crippen LogP contribution in [0.3, 0.4) is 0 Å². The third-order valence-corrected chi connectivity index (χ3v) is 5.27. The molecule has 186 valence electrons. The van der Waals surface area contributed by atoms with Gasteiger partial charge >= 0.3 is 5.97 Å². The normalized spacial score (nSPS) is 10.4. The lowest BCUT2D eigenvalue weighted by Gasteiger charge is -2.13. The van der Waals surface area contributed by atoms with Crippen LogP contribution in [0.1, 0.15) is 27.8 Å². The first-order chi connectivity index (χ1) is 16.8. The van der Waals surface area contributed by atoms with Gasteiger partial charge in [-0.1, -0.05) is 67.2 Å². The van der Waals surface area contributed by atoms with Crippen molar-refractivity contribution in [1.82, 2.24) is 0 Å². The standard InChI is InChI=1S/C17H20O2.C12H15NO3/c1-13-6-4-5-7-16(13)17-9-8-14(11-18-2)10-15(17)12-19-3;1-9(13)11-4-2-3-10(7-11)5-6-16-8-12(14)15/h4-10H,11-12H2,1-3H3;2-4,7H,1,5-6,8,13H2,(H,14,15). The second-order valence-corrected chi connectivity index (χ2v) is 8.09. The Hall–Kier alpha value is -3.45. The monoisotopic (exact) mass is 477 g/mol. The number of ether oxygens (including phenoxy) is 3. The fourth-order valence-corrected chi connectivity index (χ4v) is 3.59. The highest BCUT2D eigenvalue weighted by Gasteiger charge is 2.08. The number of carboxylic acid groups (broad SMARTS) is 1. The van der Waals surface area contributed by atoms with Crippen molar-refractivity contribution in [3.8, 4) is 11.1 Å². The maximum atomic E-state index is 10.2. The molecule has 3 rings (SSSR count). The molecule has 3 aromatic carbocycles. The van der Waals surface area contributed by atoms with E-state index < -0.39 is 5.97 Å². The first-order valence-corrected chi connectivity index (χ1v) is 11.3. The van der Waals surface area contributed by atoms with E-state index in [-0.39, 0.29) is 6.61 Å². The fraction of sp³-hybridized carbons (Fsp3) is 0.276. The van der Waals surface area contributed by atoms with E-state index in [9.17, 15) is 4.79 Å². The molecular weight excluding hydrogens is 442 g/mol. The topological polar surface area (TPSA) is 91.0 Å². The van der Waals surface area contributed by atoms with Gasteiger partial charge in [-0.05, 0) is 58.4 Å². The molecule has 0 saturated carbocycles. The number of carbonyl (C=O) groups is 1. The summed E-state index contributed by atoms with van der Waals surface area (Å²) in [6.07, 6.45) is 0.661. The molecule has 0 saturated heterocycles. The molecule has 6 heteroatoms. The molecule has 0 heterocycles. The van der Waals surface area contributed by atoms with Crippen LogP contribution in [0, 0.1) is 6.92 Å². The Morgan fingerprint density at radius 1 is 0.914 bits per heavy atom. The van der Waals surface area contributed by atoms with Gasteiger partial charge < -0.3 is 25.1 Å². The van der Waals surface area contributed by atoms with Crippen molar-refractivity contribution < 1.29 is 24.1 Å². The predicted octanol–water partition coefficient (Wildman–Crippen LogP) is 5.21. The average molecular weight is 478 g/mol. The van der Waals surface area contributed by atoms with Crippen molar-refractivity contribution in [2.24, 2.45) is 5.73 Å². The zero-order chi connectivity index (χ0) is 25.6. The number of hydrogen-bond acceptors (Lipinski definition) is 5. The van der Waals surface area contributed by atoms with Crippen LogP contribution >= 0.6 is 0 Å². The van der Waals surface area contributed by atoms with Gasteiger partial charge in [-0.3, -0.25) is 0 Å². The quantitative estimate of drug-likeness (QED) is 0.368. The molecule has 0 aliphatic carbocycles. The molecule has 0 aliphatic heterocycles. The molecule has 0 amide bonds. The van der Waals surface area contributed by atoms with E-state index in [0.717, 1.165) is 11.1 Å². The van der Waals surface area contributed by atoms with Gasteiger partial charge in [0.25, 0.3) is 0 Å². The molecule has 0 radical (unpaired) electrons. The maximum Gasteiger partial charge on any atom is 0.329 e. The zero-order valence-corrected chi connectivity index (χ0v) is 20.8. The van der Waals surface area contributed by atoms with Crippen LogP contribution in [0.25, 0.3) is 16.8 Å². The highest BCUT2D eigenvalue weighted by Crippen LogP contribution is 2.28. The van der Waals surface area contributed by atoms with Crippen molar-refractivity contribution in [2.75, 3.05) is 27.4 Å². The number of nitrogens with two attached hydrogens (primary N) is 1. The Morgan fingerprint density at radius 3 is 2.31 bits per heavy atom. The SMILES string of the molecule is C=C(N)c1cccc(CCOCC(=O)O)c1.COCc1ccc(-c2ccccc2C)c(COC)c1. The average Bonchev–Trinajstić information content (AvgIpc) is 2.84. The minimum Gasteiger partial charge on any atom is -0.480 e. The Kier molecular flexibility index (Phi) is 11.7. The number of carboxylic acids is 1. The van der Waals surface area contributed by atoms with Gasteiger partial charge in [0.1, 0.15) is 6.61 Å². The third kappa shape index (κ3) is 9.37. The Labute approximate surface area is 208 Å². The largest absolute Gasteiger partial charge is 0.480 e. The van der Waals surface area contributed by atoms with Crippen LogP contribution in [0.15, 0.2) is 73.3 Å². The van der Waals surface area contributed by atoms with E-state index in [1.165, 1.54) is 27.8 Å². The number of rotatable bonds is 11. The lowest BCUT2D eigenvalue weighted by atomic mass is 9.95. The minimum atomic E-state index is -0.955. The third-order valence-electron chi connectivity index (χ3n) is 5.27. The lowest BCUT2D eigenvalue weighted by molar-refractivity contribution is -0.142. The Morgan fingerprint density at radius 2 is 1.66 bits per heavy atom. The molecule has 0 fully saturated rings. The summed E-state index contributed by atoms with van der Waals surface area (Å²) in [6.45, 7) is 7.15. The summed E-state index contributed by atoms with van der Waals surface area (Å²) in [5.74, 6) is -0.955. The maximum absolute atomic E-state index is 10.2. The number of benzene rings is 3. The van der Waals surface area contributed by atoms with Gasteiger partial charge in [-0.25, -0.2) is 4.79 Å². The van der Waals surface area contributed by atoms with Crippen LogP contribution in [0.5, 0.6) is 0 Å². The van der Waals surface area contributed by atoms with Crippen molar-refractivity contribution in [3.05, 3.63) is 101 Å². The molecular formula is C29H35NO5. The minimum absolute atomic E-state index is 0.261. The van der Waals surface area contributed by atoms with Gasteiger partial charge in [-0.15, -0.1) is 0 Å². The summed E-state index contributed by atoms with van der Waals surface area (Å²) < 4.78 is 15.5. The summed E-state index contributed by atoms with van der Waals surface area (Å²) in [4.78, 5) is 10.2. The summed E-state index contributed by atoms with van der Waals surface area (Å²) in [6, 6.07) is 22.5. The first kappa shape index (κ1) is 27.8. The smallest absolute Gasteiger partial charge is 0.329 e. The van der Waals surface area contributed by atoms with Crippen LogP contribution in [0.2, 0.25) is 0 Å². The molecule has 0 aliphatic rings. The van der Waals surface area contributed by atoms with E-state index in [1.807, 2.05) is 24.3 Å². The van der Waals surface area contributed by atoms with Crippen molar-refractivity contribution in [1.29, 1.82) is 0 Å². The van der Waals surface area contributed by atoms with E-state index >= 15 is 0 Å². The second kappa shape index (κ2) is 14.7. The molecule has 0 aromatic heterocycles. The van der Waals surface area contributed by atoms with Crippen molar-refractivity contribution in [2.45, 2.75) is 26.6 Å². The van der Waals surface area contributed by atoms with E-state index in [1.54, 1.807) is 14.2 Å². The number of hydrogen-bond donors (Lipinski definition) is 2. The molecule has 0 atom stereocenters. The van der Waals surface area contributed by atoms with Crippen molar-refractivity contribution in [3.63, 3.8) is 0 Å². The molecule has 35 heavy (non-hydrogen) atoms. The number of methoxy groups -OCH3 is 2. The molecule has 0 spiro atoms. The lowest BCUT2D eigenvalue weighted by Crippen LogP contribution is -2.09. The van der Waals surface area contributed by atoms with E-state index in [2.05, 4.69) is 56.0 Å². The van der Waals surface area contributed by atoms with Crippen LogP contribution in [-0.2, 0) is 38.6 Å². The summed E-state index contributed by atoms with van der Waals surface area (Å²) in [5, 5.41) is 8.37. The van der Waals surface area contributed by atoms with Crippen LogP contribution in [0.4, 0.5) is 0 Å². The van der Waals surface area contributed by atoms with E-state index in [0.29, 0.717) is 31.9 Å². The highest BCUT2D eigenvalue weighted by atomic mass is 16.5. The number of aliphatic carboxylic acids is 1. The highest BCUT2D eigenvalue weighted by molar-refractivity contribution is 5.71. The van der Waals surface area contributed by atoms with Gasteiger partial charge in [0.05, 0.1) is 19.8 Å². The molecule has 0 bridgehead atoms. The summed E-state index contributed by atoms with van der Waals surface area (Å²) in [5.41, 5.74) is 14.2. The van der Waals surface area contributed by atoms with Crippen molar-refractivity contribution >= 4 is 11.7 Å². The summed E-state index contributed by atoms with van der Waals surface area (Å²) >= 11 is 0. The Balaban J connectivity index is 0.000000251. The van der Waals surface area contributed by atoms with Crippen LogP contribution in [-0.4, -0.2) is 38.5 Å². The van der Waals surface area contributed by atoms with Crippen LogP contribution < -0.4 is 5.73 Å².